The van der Waals surface area contributed by atoms with E-state index < -0.39 is 11.9 Å². The van der Waals surface area contributed by atoms with Crippen molar-refractivity contribution in [3.05, 3.63) is 24.3 Å². The maximum absolute atomic E-state index is 10.4. The second kappa shape index (κ2) is 47.4. The molecule has 0 fully saturated rings. The van der Waals surface area contributed by atoms with E-state index in [4.69, 9.17) is 10.2 Å². The van der Waals surface area contributed by atoms with Crippen LogP contribution in [-0.2, 0) is 9.59 Å². The Labute approximate surface area is 313 Å². The van der Waals surface area contributed by atoms with Crippen LogP contribution in [0.5, 0.6) is 0 Å². The quantitative estimate of drug-likeness (QED) is 0.0378. The highest BCUT2D eigenvalue weighted by atomic mass is 16.4. The van der Waals surface area contributed by atoms with Crippen molar-refractivity contribution in [2.75, 3.05) is 0 Å². The zero-order chi connectivity index (χ0) is 36.9. The van der Waals surface area contributed by atoms with Crippen LogP contribution in [0.1, 0.15) is 258 Å². The van der Waals surface area contributed by atoms with E-state index in [1.54, 1.807) is 6.08 Å². The maximum atomic E-state index is 10.4. The number of carbonyl (C=O) groups is 2. The summed E-state index contributed by atoms with van der Waals surface area (Å²) in [4.78, 5) is 20.7. The summed E-state index contributed by atoms with van der Waals surface area (Å²) in [5, 5.41) is 17.0. The molecule has 0 aromatic rings. The fourth-order valence-electron chi connectivity index (χ4n) is 6.58. The first kappa shape index (κ1) is 50.5. The van der Waals surface area contributed by atoms with E-state index in [0.717, 1.165) is 25.7 Å². The van der Waals surface area contributed by atoms with Crippen LogP contribution in [0.25, 0.3) is 0 Å². The van der Waals surface area contributed by atoms with E-state index in [9.17, 15) is 9.59 Å². The van der Waals surface area contributed by atoms with Crippen molar-refractivity contribution in [2.24, 2.45) is 0 Å². The third-order valence-corrected chi connectivity index (χ3v) is 9.89. The smallest absolute Gasteiger partial charge is 0.327 e. The van der Waals surface area contributed by atoms with E-state index in [1.807, 2.05) is 0 Å². The Hall–Kier alpha value is -1.58. The van der Waals surface area contributed by atoms with E-state index in [1.165, 1.54) is 218 Å². The second-order valence-corrected chi connectivity index (χ2v) is 15.0. The molecule has 0 aliphatic carbocycles. The van der Waals surface area contributed by atoms with Crippen molar-refractivity contribution in [2.45, 2.75) is 258 Å². The van der Waals surface area contributed by atoms with Crippen molar-refractivity contribution in [1.82, 2.24) is 0 Å². The number of carboxylic acid groups (broad SMARTS) is 2. The largest absolute Gasteiger partial charge is 0.481 e. The lowest BCUT2D eigenvalue weighted by atomic mass is 10.0. The predicted molar refractivity (Wildman–Crippen MR) is 220 cm³/mol. The molecule has 0 atom stereocenters. The Bertz CT molecular complexity index is 713. The predicted octanol–water partition coefficient (Wildman–Crippen LogP) is 16.1. The van der Waals surface area contributed by atoms with Crippen molar-refractivity contribution in [1.29, 1.82) is 0 Å². The molecule has 0 saturated heterocycles. The Morgan fingerprint density at radius 1 is 0.340 bits per heavy atom. The summed E-state index contributed by atoms with van der Waals surface area (Å²) in [6.07, 6.45) is 57.5. The molecule has 50 heavy (non-hydrogen) atoms. The minimum atomic E-state index is -0.831. The molecule has 296 valence electrons. The topological polar surface area (TPSA) is 74.6 Å². The van der Waals surface area contributed by atoms with Gasteiger partial charge in [0.1, 0.15) is 0 Å². The first-order chi connectivity index (χ1) is 24.5. The van der Waals surface area contributed by atoms with Crippen LogP contribution in [0, 0.1) is 0 Å². The van der Waals surface area contributed by atoms with Crippen LogP contribution in [0.4, 0.5) is 0 Å². The summed E-state index contributed by atoms with van der Waals surface area (Å²) in [6.45, 7) is 4.56. The molecule has 0 rings (SSSR count). The Morgan fingerprint density at radius 2 is 0.580 bits per heavy atom. The van der Waals surface area contributed by atoms with Gasteiger partial charge in [-0.3, -0.25) is 4.79 Å². The highest BCUT2D eigenvalue weighted by Gasteiger charge is 1.98. The van der Waals surface area contributed by atoms with E-state index in [2.05, 4.69) is 26.0 Å². The molecular formula is C46H88O4. The fourth-order valence-corrected chi connectivity index (χ4v) is 6.58. The zero-order valence-corrected chi connectivity index (χ0v) is 33.9. The molecule has 0 spiro atoms. The zero-order valence-electron chi connectivity index (χ0n) is 33.9. The van der Waals surface area contributed by atoms with Crippen molar-refractivity contribution < 1.29 is 19.8 Å². The summed E-state index contributed by atoms with van der Waals surface area (Å²) in [7, 11) is 0. The van der Waals surface area contributed by atoms with Crippen LogP contribution < -0.4 is 0 Å². The lowest BCUT2D eigenvalue weighted by Crippen LogP contribution is -1.93. The van der Waals surface area contributed by atoms with Gasteiger partial charge < -0.3 is 10.2 Å². The van der Waals surface area contributed by atoms with Gasteiger partial charge >= 0.3 is 11.9 Å². The molecule has 0 saturated carbocycles. The number of allylic oxidation sites excluding steroid dienone is 3. The molecule has 0 aromatic carbocycles. The molecule has 0 aliphatic rings. The van der Waals surface area contributed by atoms with Gasteiger partial charge in [-0.25, -0.2) is 4.79 Å². The molecule has 0 amide bonds. The van der Waals surface area contributed by atoms with Crippen LogP contribution in [-0.4, -0.2) is 22.2 Å². The molecule has 4 nitrogen and oxygen atoms in total. The molecular weight excluding hydrogens is 617 g/mol. The summed E-state index contributed by atoms with van der Waals surface area (Å²) in [6, 6.07) is 0. The summed E-state index contributed by atoms with van der Waals surface area (Å²) >= 11 is 0. The Balaban J connectivity index is 0. The van der Waals surface area contributed by atoms with Gasteiger partial charge in [0.25, 0.3) is 0 Å². The molecule has 2 N–H and O–H groups in total. The normalized spacial score (nSPS) is 11.4. The molecule has 0 unspecified atom stereocenters. The Kier molecular flexibility index (Phi) is 47.9. The number of hydrogen-bond donors (Lipinski definition) is 2. The lowest BCUT2D eigenvalue weighted by Gasteiger charge is -2.03. The average molecular weight is 705 g/mol. The van der Waals surface area contributed by atoms with Gasteiger partial charge in [-0.1, -0.05) is 225 Å². The SMILES string of the molecule is CCCCCCCC/C=C\CCCCCCCCCCCC(=O)O.CCCCCCCCCCCCCCCCCCCCCC=CC(=O)O. The van der Waals surface area contributed by atoms with E-state index >= 15 is 0 Å². The highest BCUT2D eigenvalue weighted by molar-refractivity contribution is 5.79. The van der Waals surface area contributed by atoms with Gasteiger partial charge in [-0.05, 0) is 44.9 Å². The minimum Gasteiger partial charge on any atom is -0.481 e. The van der Waals surface area contributed by atoms with Crippen molar-refractivity contribution in [3.8, 4) is 0 Å². The molecule has 0 heterocycles. The number of carboxylic acids is 2. The number of hydrogen-bond acceptors (Lipinski definition) is 2. The number of rotatable bonds is 40. The van der Waals surface area contributed by atoms with Gasteiger partial charge in [0.15, 0.2) is 0 Å². The first-order valence-electron chi connectivity index (χ1n) is 22.3. The minimum absolute atomic E-state index is 0.340. The average Bonchev–Trinajstić information content (AvgIpc) is 3.10. The number of aliphatic carboxylic acids is 2. The van der Waals surface area contributed by atoms with E-state index in [0.29, 0.717) is 6.42 Å². The van der Waals surface area contributed by atoms with Crippen molar-refractivity contribution in [3.63, 3.8) is 0 Å². The van der Waals surface area contributed by atoms with Crippen LogP contribution in [0.2, 0.25) is 0 Å². The van der Waals surface area contributed by atoms with Crippen LogP contribution >= 0.6 is 0 Å². The van der Waals surface area contributed by atoms with Gasteiger partial charge in [-0.2, -0.15) is 0 Å². The third-order valence-electron chi connectivity index (χ3n) is 9.89. The molecule has 0 aliphatic heterocycles. The van der Waals surface area contributed by atoms with Crippen LogP contribution in [0.3, 0.4) is 0 Å². The standard InChI is InChI=1S/C24H46O2.C22H42O2/c1-2-3-4-5-6-7-8-9-10-11-12-13-14-15-16-17-18-19-20-21-22-23-24(25)26;1-2-3-4-5-6-7-8-9-10-11-12-13-14-15-16-17-18-19-20-21-22(23)24/h22-23H,2-21H2,1H3,(H,25,26);9-10H,2-8,11-21H2,1H3,(H,23,24)/b;10-9-. The summed E-state index contributed by atoms with van der Waals surface area (Å²) in [5.41, 5.74) is 0. The van der Waals surface area contributed by atoms with Gasteiger partial charge in [0.2, 0.25) is 0 Å². The van der Waals surface area contributed by atoms with Gasteiger partial charge in [-0.15, -0.1) is 0 Å². The van der Waals surface area contributed by atoms with Gasteiger partial charge in [0.05, 0.1) is 0 Å². The molecule has 4 heteroatoms. The van der Waals surface area contributed by atoms with Gasteiger partial charge in [0, 0.05) is 12.5 Å². The fraction of sp³-hybridized carbons (Fsp3) is 0.870. The lowest BCUT2D eigenvalue weighted by molar-refractivity contribution is -0.137. The van der Waals surface area contributed by atoms with Crippen LogP contribution in [0.15, 0.2) is 24.3 Å². The van der Waals surface area contributed by atoms with Crippen molar-refractivity contribution >= 4 is 11.9 Å². The molecule has 0 aromatic heterocycles. The maximum Gasteiger partial charge on any atom is 0.327 e. The summed E-state index contributed by atoms with van der Waals surface area (Å²) in [5.74, 6) is -1.49. The molecule has 0 radical (unpaired) electrons. The number of unbranched alkanes of at least 4 members (excludes halogenated alkanes) is 34. The summed E-state index contributed by atoms with van der Waals surface area (Å²) < 4.78 is 0. The first-order valence-corrected chi connectivity index (χ1v) is 22.3. The monoisotopic (exact) mass is 705 g/mol. The highest BCUT2D eigenvalue weighted by Crippen LogP contribution is 2.15. The third kappa shape index (κ3) is 53.2. The van der Waals surface area contributed by atoms with E-state index in [-0.39, 0.29) is 0 Å². The molecule has 0 bridgehead atoms. The Morgan fingerprint density at radius 3 is 0.840 bits per heavy atom. The second-order valence-electron chi connectivity index (χ2n) is 15.0.